The highest BCUT2D eigenvalue weighted by atomic mass is 16.6. The van der Waals surface area contributed by atoms with Gasteiger partial charge in [-0.1, -0.05) is 197 Å². The molecule has 0 amide bonds. The Kier molecular flexibility index (Phi) is 45.4. The molecule has 59 heavy (non-hydrogen) atoms. The minimum Gasteiger partial charge on any atom is -0.462 e. The van der Waals surface area contributed by atoms with Crippen molar-refractivity contribution in [2.45, 2.75) is 245 Å². The third-order valence-electron chi connectivity index (χ3n) is 10.5. The average molecular weight is 825 g/mol. The van der Waals surface area contributed by atoms with Gasteiger partial charge in [0.15, 0.2) is 6.10 Å². The number of carbonyl (C=O) groups excluding carboxylic acids is 3. The van der Waals surface area contributed by atoms with Gasteiger partial charge in [-0.05, 0) is 83.5 Å². The number of hydrogen-bond acceptors (Lipinski definition) is 6. The molecule has 0 heterocycles. The normalized spacial score (nSPS) is 12.5. The second-order valence-corrected chi connectivity index (χ2v) is 16.4. The molecule has 0 fully saturated rings. The standard InChI is InChI=1S/C53H92O6/c1-4-7-10-13-16-19-22-25-26-29-31-34-37-40-43-46-52(55)58-49-50(59-53(56)47-44-41-38-35-32-28-24-21-18-15-12-9-6-3)48-57-51(54)45-42-39-36-33-30-27-23-20-17-14-11-8-5-2/h19,22,27-28,30,32,36,38-39,41,50H,4-18,20-21,23-26,29,31,33-35,37,40,42-49H2,1-3H3/b22-19+,30-27+,32-28+,39-36+,41-38+. The summed E-state index contributed by atoms with van der Waals surface area (Å²) in [6.07, 6.45) is 58.0. The summed E-state index contributed by atoms with van der Waals surface area (Å²) in [5.41, 5.74) is 0. The number of carbonyl (C=O) groups is 3. The molecular weight excluding hydrogens is 733 g/mol. The molecule has 0 bridgehead atoms. The van der Waals surface area contributed by atoms with Crippen LogP contribution in [-0.2, 0) is 28.6 Å². The van der Waals surface area contributed by atoms with Gasteiger partial charge in [-0.3, -0.25) is 14.4 Å². The molecule has 0 aliphatic heterocycles. The zero-order valence-corrected chi connectivity index (χ0v) is 38.8. The summed E-state index contributed by atoms with van der Waals surface area (Å²) in [5.74, 6) is -1.06. The van der Waals surface area contributed by atoms with Crippen molar-refractivity contribution < 1.29 is 28.6 Å². The minimum absolute atomic E-state index is 0.116. The summed E-state index contributed by atoms with van der Waals surface area (Å²) in [7, 11) is 0. The Morgan fingerprint density at radius 3 is 1.07 bits per heavy atom. The lowest BCUT2D eigenvalue weighted by molar-refractivity contribution is -0.166. The molecule has 0 saturated heterocycles. The van der Waals surface area contributed by atoms with Crippen LogP contribution >= 0.6 is 0 Å². The van der Waals surface area contributed by atoms with Crippen LogP contribution in [0.1, 0.15) is 239 Å². The van der Waals surface area contributed by atoms with E-state index in [0.717, 1.165) is 44.9 Å². The first-order valence-electron chi connectivity index (χ1n) is 24.8. The molecular formula is C53H92O6. The van der Waals surface area contributed by atoms with Crippen LogP contribution in [0.4, 0.5) is 0 Å². The van der Waals surface area contributed by atoms with E-state index in [1.165, 1.54) is 141 Å². The summed E-state index contributed by atoms with van der Waals surface area (Å²) in [6, 6.07) is 0. The predicted molar refractivity (Wildman–Crippen MR) is 251 cm³/mol. The van der Waals surface area contributed by atoms with Crippen LogP contribution in [0, 0.1) is 0 Å². The van der Waals surface area contributed by atoms with Crippen LogP contribution in [-0.4, -0.2) is 37.2 Å². The van der Waals surface area contributed by atoms with E-state index in [0.29, 0.717) is 19.3 Å². The SMILES string of the molecule is CCCCCC/C=C/CCCCCCCCCC(=O)OCC(COC(=O)CC/C=C/C/C=C/CCCCCCCC)OC(=O)CC/C=C/C/C=C/CCCCCCCC. The second kappa shape index (κ2) is 47.8. The quantitative estimate of drug-likeness (QED) is 0.0263. The van der Waals surface area contributed by atoms with Gasteiger partial charge in [-0.2, -0.15) is 0 Å². The number of allylic oxidation sites excluding steroid dienone is 10. The van der Waals surface area contributed by atoms with Gasteiger partial charge in [0.2, 0.25) is 0 Å². The van der Waals surface area contributed by atoms with Crippen molar-refractivity contribution >= 4 is 17.9 Å². The number of ether oxygens (including phenoxy) is 3. The summed E-state index contributed by atoms with van der Waals surface area (Å²) < 4.78 is 16.6. The lowest BCUT2D eigenvalue weighted by Gasteiger charge is -2.18. The van der Waals surface area contributed by atoms with E-state index in [9.17, 15) is 14.4 Å². The molecule has 1 atom stereocenters. The van der Waals surface area contributed by atoms with Gasteiger partial charge in [0.05, 0.1) is 0 Å². The van der Waals surface area contributed by atoms with Gasteiger partial charge in [0, 0.05) is 19.3 Å². The fraction of sp³-hybridized carbons (Fsp3) is 0.755. The van der Waals surface area contributed by atoms with Gasteiger partial charge >= 0.3 is 17.9 Å². The van der Waals surface area contributed by atoms with Crippen LogP contribution in [0.15, 0.2) is 60.8 Å². The third-order valence-corrected chi connectivity index (χ3v) is 10.5. The fourth-order valence-corrected chi connectivity index (χ4v) is 6.72. The first-order chi connectivity index (χ1) is 29.0. The predicted octanol–water partition coefficient (Wildman–Crippen LogP) is 16.1. The van der Waals surface area contributed by atoms with E-state index in [2.05, 4.69) is 69.4 Å². The van der Waals surface area contributed by atoms with Crippen LogP contribution < -0.4 is 0 Å². The zero-order chi connectivity index (χ0) is 43.0. The summed E-state index contributed by atoms with van der Waals surface area (Å²) in [4.78, 5) is 37.8. The largest absolute Gasteiger partial charge is 0.462 e. The Morgan fingerprint density at radius 1 is 0.339 bits per heavy atom. The van der Waals surface area contributed by atoms with Crippen molar-refractivity contribution in [3.05, 3.63) is 60.8 Å². The first-order valence-corrected chi connectivity index (χ1v) is 24.8. The van der Waals surface area contributed by atoms with Crippen LogP contribution in [0.3, 0.4) is 0 Å². The molecule has 0 aromatic heterocycles. The van der Waals surface area contributed by atoms with Gasteiger partial charge in [0.25, 0.3) is 0 Å². The number of esters is 3. The summed E-state index contributed by atoms with van der Waals surface area (Å²) in [5, 5.41) is 0. The van der Waals surface area contributed by atoms with E-state index >= 15 is 0 Å². The monoisotopic (exact) mass is 825 g/mol. The molecule has 340 valence electrons. The average Bonchev–Trinajstić information content (AvgIpc) is 3.23. The fourth-order valence-electron chi connectivity index (χ4n) is 6.72. The molecule has 0 radical (unpaired) electrons. The zero-order valence-electron chi connectivity index (χ0n) is 38.8. The van der Waals surface area contributed by atoms with Gasteiger partial charge in [0.1, 0.15) is 13.2 Å². The second-order valence-electron chi connectivity index (χ2n) is 16.4. The van der Waals surface area contributed by atoms with E-state index < -0.39 is 12.1 Å². The lowest BCUT2D eigenvalue weighted by Crippen LogP contribution is -2.30. The molecule has 0 saturated carbocycles. The number of hydrogen-bond donors (Lipinski definition) is 0. The Hall–Kier alpha value is -2.89. The van der Waals surface area contributed by atoms with E-state index in [1.54, 1.807) is 0 Å². The molecule has 0 aromatic rings. The van der Waals surface area contributed by atoms with Crippen molar-refractivity contribution in [1.82, 2.24) is 0 Å². The first kappa shape index (κ1) is 56.1. The molecule has 0 aliphatic rings. The summed E-state index contributed by atoms with van der Waals surface area (Å²) in [6.45, 7) is 6.50. The molecule has 6 heteroatoms. The Balaban J connectivity index is 4.50. The molecule has 0 aromatic carbocycles. The van der Waals surface area contributed by atoms with Crippen LogP contribution in [0.25, 0.3) is 0 Å². The van der Waals surface area contributed by atoms with Gasteiger partial charge in [-0.15, -0.1) is 0 Å². The Labute approximate surface area is 364 Å². The Morgan fingerprint density at radius 2 is 0.644 bits per heavy atom. The van der Waals surface area contributed by atoms with E-state index in [1.807, 2.05) is 12.2 Å². The number of rotatable bonds is 44. The molecule has 6 nitrogen and oxygen atoms in total. The van der Waals surface area contributed by atoms with Crippen molar-refractivity contribution in [2.24, 2.45) is 0 Å². The summed E-state index contributed by atoms with van der Waals surface area (Å²) >= 11 is 0. The molecule has 1 unspecified atom stereocenters. The van der Waals surface area contributed by atoms with Crippen molar-refractivity contribution in [3.63, 3.8) is 0 Å². The highest BCUT2D eigenvalue weighted by Gasteiger charge is 2.19. The molecule has 0 rings (SSSR count). The smallest absolute Gasteiger partial charge is 0.306 e. The van der Waals surface area contributed by atoms with Gasteiger partial charge in [-0.25, -0.2) is 0 Å². The number of unbranched alkanes of at least 4 members (excludes halogenated alkanes) is 23. The molecule has 0 aliphatic carbocycles. The van der Waals surface area contributed by atoms with Crippen LogP contribution in [0.2, 0.25) is 0 Å². The van der Waals surface area contributed by atoms with Crippen molar-refractivity contribution in [1.29, 1.82) is 0 Å². The maximum Gasteiger partial charge on any atom is 0.306 e. The van der Waals surface area contributed by atoms with E-state index in [-0.39, 0.29) is 38.0 Å². The Bertz CT molecular complexity index is 1090. The maximum atomic E-state index is 12.7. The minimum atomic E-state index is -0.826. The molecule has 0 spiro atoms. The molecule has 0 N–H and O–H groups in total. The van der Waals surface area contributed by atoms with E-state index in [4.69, 9.17) is 14.2 Å². The lowest BCUT2D eigenvalue weighted by atomic mass is 10.1. The third kappa shape index (κ3) is 46.0. The highest BCUT2D eigenvalue weighted by molar-refractivity contribution is 5.71. The topological polar surface area (TPSA) is 78.9 Å². The maximum absolute atomic E-state index is 12.7. The van der Waals surface area contributed by atoms with Crippen molar-refractivity contribution in [3.8, 4) is 0 Å². The van der Waals surface area contributed by atoms with Crippen molar-refractivity contribution in [2.75, 3.05) is 13.2 Å². The highest BCUT2D eigenvalue weighted by Crippen LogP contribution is 2.13. The van der Waals surface area contributed by atoms with Crippen LogP contribution in [0.5, 0.6) is 0 Å². The van der Waals surface area contributed by atoms with Gasteiger partial charge < -0.3 is 14.2 Å².